The lowest BCUT2D eigenvalue weighted by molar-refractivity contribution is -0.384. The van der Waals surface area contributed by atoms with E-state index in [0.29, 0.717) is 0 Å². The van der Waals surface area contributed by atoms with Crippen LogP contribution in [0.2, 0.25) is 5.02 Å². The van der Waals surface area contributed by atoms with Gasteiger partial charge in [-0.3, -0.25) is 19.7 Å². The van der Waals surface area contributed by atoms with Gasteiger partial charge in [-0.05, 0) is 13.0 Å². The zero-order chi connectivity index (χ0) is 14.6. The maximum Gasteiger partial charge on any atom is 0.270 e. The molecule has 0 radical (unpaired) electrons. The van der Waals surface area contributed by atoms with Crippen molar-refractivity contribution in [2.45, 2.75) is 6.92 Å². The third-order valence-corrected chi connectivity index (χ3v) is 2.72. The number of halogens is 1. The molecule has 1 aromatic rings. The van der Waals surface area contributed by atoms with Crippen LogP contribution in [-0.2, 0) is 4.79 Å². The van der Waals surface area contributed by atoms with Gasteiger partial charge in [0.2, 0.25) is 5.91 Å². The molecule has 0 atom stereocenters. The first-order valence-corrected chi connectivity index (χ1v) is 5.76. The number of likely N-dealkylation sites (N-methyl/N-ethyl adjacent to an activating group) is 1. The number of carbonyl (C=O) groups excluding carboxylic acids is 2. The SMILES string of the molecule is CCN(CC(N)=O)C(=O)c1ccc([N+](=O)[O-])cc1Cl. The molecule has 0 aliphatic carbocycles. The monoisotopic (exact) mass is 285 g/mol. The molecular weight excluding hydrogens is 274 g/mol. The van der Waals surface area contributed by atoms with E-state index in [9.17, 15) is 19.7 Å². The summed E-state index contributed by atoms with van der Waals surface area (Å²) in [7, 11) is 0. The highest BCUT2D eigenvalue weighted by molar-refractivity contribution is 6.34. The van der Waals surface area contributed by atoms with E-state index in [1.807, 2.05) is 0 Å². The highest BCUT2D eigenvalue weighted by atomic mass is 35.5. The fourth-order valence-electron chi connectivity index (χ4n) is 1.48. The highest BCUT2D eigenvalue weighted by Gasteiger charge is 2.20. The van der Waals surface area contributed by atoms with Gasteiger partial charge in [-0.15, -0.1) is 0 Å². The van der Waals surface area contributed by atoms with Gasteiger partial charge in [-0.25, -0.2) is 0 Å². The number of primary amides is 1. The maximum atomic E-state index is 12.1. The van der Waals surface area contributed by atoms with Crippen LogP contribution in [0.5, 0.6) is 0 Å². The summed E-state index contributed by atoms with van der Waals surface area (Å²) in [6, 6.07) is 3.52. The Morgan fingerprint density at radius 1 is 1.47 bits per heavy atom. The molecule has 0 aromatic heterocycles. The minimum absolute atomic E-state index is 0.0397. The Morgan fingerprint density at radius 2 is 2.11 bits per heavy atom. The minimum atomic E-state index is -0.645. The summed E-state index contributed by atoms with van der Waals surface area (Å²) in [5, 5.41) is 10.5. The van der Waals surface area contributed by atoms with Gasteiger partial charge in [0.25, 0.3) is 11.6 Å². The smallest absolute Gasteiger partial charge is 0.270 e. The molecule has 19 heavy (non-hydrogen) atoms. The van der Waals surface area contributed by atoms with Gasteiger partial charge < -0.3 is 10.6 Å². The van der Waals surface area contributed by atoms with Crippen LogP contribution in [0.25, 0.3) is 0 Å². The third-order valence-electron chi connectivity index (χ3n) is 2.41. The van der Waals surface area contributed by atoms with Crippen molar-refractivity contribution < 1.29 is 14.5 Å². The number of carbonyl (C=O) groups is 2. The van der Waals surface area contributed by atoms with Crippen LogP contribution < -0.4 is 5.73 Å². The van der Waals surface area contributed by atoms with Crippen LogP contribution in [0.15, 0.2) is 18.2 Å². The molecule has 0 spiro atoms. The Balaban J connectivity index is 3.05. The van der Waals surface area contributed by atoms with E-state index in [-0.39, 0.29) is 29.4 Å². The zero-order valence-electron chi connectivity index (χ0n) is 10.1. The topological polar surface area (TPSA) is 107 Å². The molecule has 0 aliphatic rings. The molecule has 0 aliphatic heterocycles. The average Bonchev–Trinajstić information content (AvgIpc) is 2.34. The van der Waals surface area contributed by atoms with Crippen molar-refractivity contribution in [3.8, 4) is 0 Å². The Bertz CT molecular complexity index is 533. The molecule has 0 saturated carbocycles. The number of rotatable bonds is 5. The lowest BCUT2D eigenvalue weighted by Gasteiger charge is -2.19. The largest absolute Gasteiger partial charge is 0.368 e. The predicted molar refractivity (Wildman–Crippen MR) is 68.9 cm³/mol. The van der Waals surface area contributed by atoms with E-state index in [0.717, 1.165) is 6.07 Å². The molecule has 7 nitrogen and oxygen atoms in total. The average molecular weight is 286 g/mol. The fourth-order valence-corrected chi connectivity index (χ4v) is 1.73. The molecule has 2 amide bonds. The number of non-ortho nitro benzene ring substituents is 1. The van der Waals surface area contributed by atoms with Crippen molar-refractivity contribution in [2.75, 3.05) is 13.1 Å². The van der Waals surface area contributed by atoms with E-state index < -0.39 is 16.7 Å². The number of amides is 2. The Morgan fingerprint density at radius 3 is 2.53 bits per heavy atom. The number of hydrogen-bond acceptors (Lipinski definition) is 4. The number of nitrogens with zero attached hydrogens (tertiary/aromatic N) is 2. The molecular formula is C11H12ClN3O4. The molecule has 1 rings (SSSR count). The van der Waals surface area contributed by atoms with Crippen molar-refractivity contribution in [3.05, 3.63) is 38.9 Å². The van der Waals surface area contributed by atoms with Crippen molar-refractivity contribution >= 4 is 29.1 Å². The van der Waals surface area contributed by atoms with Crippen LogP contribution in [0, 0.1) is 10.1 Å². The molecule has 102 valence electrons. The van der Waals surface area contributed by atoms with E-state index >= 15 is 0 Å². The highest BCUT2D eigenvalue weighted by Crippen LogP contribution is 2.23. The quantitative estimate of drug-likeness (QED) is 0.648. The summed E-state index contributed by atoms with van der Waals surface area (Å²) in [5.41, 5.74) is 4.92. The van der Waals surface area contributed by atoms with Crippen molar-refractivity contribution in [1.82, 2.24) is 4.90 Å². The molecule has 0 saturated heterocycles. The Kier molecular flexibility index (Phi) is 4.82. The summed E-state index contributed by atoms with van der Waals surface area (Å²) < 4.78 is 0. The van der Waals surface area contributed by atoms with E-state index in [1.54, 1.807) is 6.92 Å². The van der Waals surface area contributed by atoms with Crippen LogP contribution in [0.3, 0.4) is 0 Å². The van der Waals surface area contributed by atoms with Crippen LogP contribution in [0.4, 0.5) is 5.69 Å². The minimum Gasteiger partial charge on any atom is -0.368 e. The number of nitrogens with two attached hydrogens (primary N) is 1. The normalized spacial score (nSPS) is 10.0. The molecule has 1 aromatic carbocycles. The number of hydrogen-bond donors (Lipinski definition) is 1. The first kappa shape index (κ1) is 14.9. The first-order valence-electron chi connectivity index (χ1n) is 5.38. The second-order valence-electron chi connectivity index (χ2n) is 3.71. The van der Waals surface area contributed by atoms with Crippen molar-refractivity contribution in [2.24, 2.45) is 5.73 Å². The van der Waals surface area contributed by atoms with E-state index in [1.165, 1.54) is 17.0 Å². The zero-order valence-corrected chi connectivity index (χ0v) is 10.9. The number of nitro groups is 1. The summed E-state index contributed by atoms with van der Waals surface area (Å²) in [5.74, 6) is -1.14. The first-order chi connectivity index (χ1) is 8.86. The summed E-state index contributed by atoms with van der Waals surface area (Å²) in [6.45, 7) is 1.72. The maximum absolute atomic E-state index is 12.1. The van der Waals surface area contributed by atoms with E-state index in [4.69, 9.17) is 17.3 Å². The van der Waals surface area contributed by atoms with Gasteiger partial charge in [0.15, 0.2) is 0 Å². The molecule has 0 heterocycles. The fraction of sp³-hybridized carbons (Fsp3) is 0.273. The van der Waals surface area contributed by atoms with Gasteiger partial charge >= 0.3 is 0 Å². The van der Waals surface area contributed by atoms with Gasteiger partial charge in [0.1, 0.15) is 0 Å². The van der Waals surface area contributed by atoms with Crippen molar-refractivity contribution in [3.63, 3.8) is 0 Å². The third kappa shape index (κ3) is 3.65. The van der Waals surface area contributed by atoms with Crippen LogP contribution in [0.1, 0.15) is 17.3 Å². The Labute approximate surface area is 114 Å². The summed E-state index contributed by atoms with van der Waals surface area (Å²) in [4.78, 5) is 34.1. The molecule has 2 N–H and O–H groups in total. The summed E-state index contributed by atoms with van der Waals surface area (Å²) >= 11 is 5.84. The van der Waals surface area contributed by atoms with Gasteiger partial charge in [-0.1, -0.05) is 11.6 Å². The molecule has 8 heteroatoms. The predicted octanol–water partition coefficient (Wildman–Crippen LogP) is 1.20. The lowest BCUT2D eigenvalue weighted by Crippen LogP contribution is -2.38. The van der Waals surface area contributed by atoms with Gasteiger partial charge in [0.05, 0.1) is 22.1 Å². The van der Waals surface area contributed by atoms with Gasteiger partial charge in [0, 0.05) is 18.7 Å². The molecule has 0 bridgehead atoms. The number of benzene rings is 1. The number of nitro benzene ring substituents is 1. The Hall–Kier alpha value is -2.15. The second-order valence-corrected chi connectivity index (χ2v) is 4.11. The van der Waals surface area contributed by atoms with E-state index in [2.05, 4.69) is 0 Å². The van der Waals surface area contributed by atoms with Crippen molar-refractivity contribution in [1.29, 1.82) is 0 Å². The van der Waals surface area contributed by atoms with Crippen LogP contribution >= 0.6 is 11.6 Å². The molecule has 0 unspecified atom stereocenters. The lowest BCUT2D eigenvalue weighted by atomic mass is 10.1. The standard InChI is InChI=1S/C11H12ClN3O4/c1-2-14(6-10(13)16)11(17)8-4-3-7(15(18)19)5-9(8)12/h3-5H,2,6H2,1H3,(H2,13,16). The summed E-state index contributed by atoms with van der Waals surface area (Å²) in [6.07, 6.45) is 0. The molecule has 0 fully saturated rings. The van der Waals surface area contributed by atoms with Crippen LogP contribution in [-0.4, -0.2) is 34.7 Å². The van der Waals surface area contributed by atoms with Gasteiger partial charge in [-0.2, -0.15) is 0 Å². The second kappa shape index (κ2) is 6.14.